The van der Waals surface area contributed by atoms with Crippen LogP contribution in [-0.4, -0.2) is 32.7 Å². The summed E-state index contributed by atoms with van der Waals surface area (Å²) in [5.74, 6) is 0.529. The topological polar surface area (TPSA) is 72.2 Å². The lowest BCUT2D eigenvalue weighted by molar-refractivity contribution is -0.114. The van der Waals surface area contributed by atoms with Crippen LogP contribution in [0.3, 0.4) is 0 Å². The Morgan fingerprint density at radius 1 is 1.07 bits per heavy atom. The summed E-state index contributed by atoms with van der Waals surface area (Å²) in [6.45, 7) is 2.81. The van der Waals surface area contributed by atoms with Gasteiger partial charge in [0.1, 0.15) is 12.2 Å². The van der Waals surface area contributed by atoms with E-state index in [1.807, 2.05) is 35.2 Å². The second kappa shape index (κ2) is 8.24. The molecule has 2 aromatic carbocycles. The molecule has 0 spiro atoms. The molecule has 0 N–H and O–H groups in total. The number of hydrogen-bond acceptors (Lipinski definition) is 6. The van der Waals surface area contributed by atoms with E-state index >= 15 is 0 Å². The average molecular weight is 380 g/mol. The Kier molecular flexibility index (Phi) is 5.36. The van der Waals surface area contributed by atoms with Crippen LogP contribution in [-0.2, 0) is 21.0 Å². The van der Waals surface area contributed by atoms with Crippen molar-refractivity contribution in [2.75, 3.05) is 36.3 Å². The summed E-state index contributed by atoms with van der Waals surface area (Å²) >= 11 is 0. The molecule has 0 aliphatic carbocycles. The van der Waals surface area contributed by atoms with Crippen molar-refractivity contribution in [2.45, 2.75) is 6.61 Å². The van der Waals surface area contributed by atoms with Crippen molar-refractivity contribution in [3.05, 3.63) is 70.4 Å². The third-order valence-electron chi connectivity index (χ3n) is 4.58. The zero-order chi connectivity index (χ0) is 19.3. The smallest absolute Gasteiger partial charge is 0.238 e. The standard InChI is InChI=1S/C21H20N2O5/c24-15-23(27-14-16-4-2-1-3-5-16)17-6-7-20-18(12-17)19(25)13-21(28-20)22-8-10-26-11-9-22/h1-7,12-13,15H,8-11,14H2. The number of nitrogens with zero attached hydrogens (tertiary/aromatic N) is 2. The molecule has 1 fully saturated rings. The van der Waals surface area contributed by atoms with Crippen LogP contribution in [0.1, 0.15) is 5.56 Å². The largest absolute Gasteiger partial charge is 0.440 e. The van der Waals surface area contributed by atoms with E-state index in [9.17, 15) is 9.59 Å². The maximum Gasteiger partial charge on any atom is 0.238 e. The fourth-order valence-electron chi connectivity index (χ4n) is 3.09. The maximum atomic E-state index is 12.6. The summed E-state index contributed by atoms with van der Waals surface area (Å²) in [6, 6.07) is 16.0. The van der Waals surface area contributed by atoms with E-state index in [-0.39, 0.29) is 12.0 Å². The minimum atomic E-state index is -0.168. The number of anilines is 2. The Labute approximate surface area is 161 Å². The Hall–Kier alpha value is -3.16. The highest BCUT2D eigenvalue weighted by Crippen LogP contribution is 2.24. The van der Waals surface area contributed by atoms with Crippen LogP contribution in [0, 0.1) is 0 Å². The summed E-state index contributed by atoms with van der Waals surface area (Å²) in [5.41, 5.74) is 1.69. The van der Waals surface area contributed by atoms with Gasteiger partial charge in [0.25, 0.3) is 0 Å². The number of hydrogen-bond donors (Lipinski definition) is 0. The third kappa shape index (κ3) is 3.90. The van der Waals surface area contributed by atoms with Gasteiger partial charge in [0, 0.05) is 19.2 Å². The number of benzene rings is 2. The molecule has 0 bridgehead atoms. The lowest BCUT2D eigenvalue weighted by Crippen LogP contribution is -2.36. The summed E-state index contributed by atoms with van der Waals surface area (Å²) in [4.78, 5) is 31.7. The van der Waals surface area contributed by atoms with E-state index in [0.29, 0.717) is 55.3 Å². The summed E-state index contributed by atoms with van der Waals surface area (Å²) in [5, 5.41) is 1.51. The van der Waals surface area contributed by atoms with Gasteiger partial charge in [-0.1, -0.05) is 30.3 Å². The number of fused-ring (bicyclic) bond motifs is 1. The van der Waals surface area contributed by atoms with E-state index in [2.05, 4.69) is 0 Å². The molecule has 144 valence electrons. The molecule has 1 aromatic heterocycles. The minimum absolute atomic E-state index is 0.168. The van der Waals surface area contributed by atoms with Crippen molar-refractivity contribution in [3.8, 4) is 0 Å². The first kappa shape index (κ1) is 18.2. The lowest BCUT2D eigenvalue weighted by atomic mass is 10.2. The van der Waals surface area contributed by atoms with Crippen LogP contribution in [0.2, 0.25) is 0 Å². The molecule has 1 amide bonds. The number of rotatable bonds is 6. The molecule has 0 saturated carbocycles. The van der Waals surface area contributed by atoms with Gasteiger partial charge >= 0.3 is 0 Å². The highest BCUT2D eigenvalue weighted by atomic mass is 16.7. The molecule has 0 radical (unpaired) electrons. The Morgan fingerprint density at radius 3 is 2.61 bits per heavy atom. The van der Waals surface area contributed by atoms with Gasteiger partial charge in [0.15, 0.2) is 11.3 Å². The molecule has 1 aliphatic rings. The summed E-state index contributed by atoms with van der Waals surface area (Å²) in [7, 11) is 0. The molecule has 1 saturated heterocycles. The second-order valence-electron chi connectivity index (χ2n) is 6.42. The minimum Gasteiger partial charge on any atom is -0.440 e. The highest BCUT2D eigenvalue weighted by Gasteiger charge is 2.16. The van der Waals surface area contributed by atoms with Crippen LogP contribution in [0.4, 0.5) is 11.6 Å². The van der Waals surface area contributed by atoms with Crippen LogP contribution in [0.25, 0.3) is 11.0 Å². The first-order valence-corrected chi connectivity index (χ1v) is 9.06. The van der Waals surface area contributed by atoms with Gasteiger partial charge in [0.05, 0.1) is 24.3 Å². The molecule has 4 rings (SSSR count). The fraction of sp³-hybridized carbons (Fsp3) is 0.238. The van der Waals surface area contributed by atoms with Crippen LogP contribution < -0.4 is 15.4 Å². The maximum absolute atomic E-state index is 12.6. The van der Waals surface area contributed by atoms with Crippen molar-refractivity contribution in [1.29, 1.82) is 0 Å². The van der Waals surface area contributed by atoms with Gasteiger partial charge in [-0.3, -0.25) is 14.4 Å². The van der Waals surface area contributed by atoms with E-state index in [4.69, 9.17) is 14.0 Å². The number of carbonyl (C=O) groups excluding carboxylic acids is 1. The molecule has 1 aliphatic heterocycles. The first-order valence-electron chi connectivity index (χ1n) is 9.06. The van der Waals surface area contributed by atoms with E-state index in [1.165, 1.54) is 6.07 Å². The predicted octanol–water partition coefficient (Wildman–Crippen LogP) is 2.72. The highest BCUT2D eigenvalue weighted by molar-refractivity contribution is 5.85. The predicted molar refractivity (Wildman–Crippen MR) is 105 cm³/mol. The lowest BCUT2D eigenvalue weighted by Gasteiger charge is -2.27. The monoisotopic (exact) mass is 380 g/mol. The van der Waals surface area contributed by atoms with Crippen molar-refractivity contribution in [3.63, 3.8) is 0 Å². The number of amides is 1. The van der Waals surface area contributed by atoms with E-state index in [0.717, 1.165) is 10.6 Å². The number of carbonyl (C=O) groups is 1. The molecule has 2 heterocycles. The first-order chi connectivity index (χ1) is 13.7. The van der Waals surface area contributed by atoms with Crippen LogP contribution in [0.15, 0.2) is 63.8 Å². The Balaban J connectivity index is 1.58. The zero-order valence-electron chi connectivity index (χ0n) is 15.2. The van der Waals surface area contributed by atoms with Crippen molar-refractivity contribution in [2.24, 2.45) is 0 Å². The SMILES string of the molecule is O=CN(OCc1ccccc1)c1ccc2oc(N3CCOCC3)cc(=O)c2c1. The normalized spacial score (nSPS) is 14.2. The molecule has 7 heteroatoms. The van der Waals surface area contributed by atoms with Crippen molar-refractivity contribution >= 4 is 29.0 Å². The average Bonchev–Trinajstić information content (AvgIpc) is 2.75. The fourth-order valence-corrected chi connectivity index (χ4v) is 3.09. The number of ether oxygens (including phenoxy) is 1. The second-order valence-corrected chi connectivity index (χ2v) is 6.42. The van der Waals surface area contributed by atoms with Gasteiger partial charge in [-0.05, 0) is 23.8 Å². The molecule has 7 nitrogen and oxygen atoms in total. The third-order valence-corrected chi connectivity index (χ3v) is 4.58. The van der Waals surface area contributed by atoms with Gasteiger partial charge in [-0.2, -0.15) is 5.06 Å². The van der Waals surface area contributed by atoms with Crippen molar-refractivity contribution < 1.29 is 18.8 Å². The van der Waals surface area contributed by atoms with Gasteiger partial charge < -0.3 is 14.1 Å². The molecular formula is C21H20N2O5. The van der Waals surface area contributed by atoms with Crippen molar-refractivity contribution in [1.82, 2.24) is 0 Å². The number of morpholine rings is 1. The van der Waals surface area contributed by atoms with E-state index in [1.54, 1.807) is 18.2 Å². The molecule has 28 heavy (non-hydrogen) atoms. The summed E-state index contributed by atoms with van der Waals surface area (Å²) < 4.78 is 11.2. The van der Waals surface area contributed by atoms with Gasteiger partial charge in [0.2, 0.25) is 6.41 Å². The number of hydroxylamine groups is 1. The van der Waals surface area contributed by atoms with Gasteiger partial charge in [-0.15, -0.1) is 0 Å². The molecular weight excluding hydrogens is 360 g/mol. The Bertz CT molecular complexity index is 1010. The zero-order valence-corrected chi connectivity index (χ0v) is 15.2. The molecule has 3 aromatic rings. The van der Waals surface area contributed by atoms with Crippen LogP contribution in [0.5, 0.6) is 0 Å². The molecule has 0 unspecified atom stereocenters. The van der Waals surface area contributed by atoms with E-state index < -0.39 is 0 Å². The quantitative estimate of drug-likeness (QED) is 0.484. The summed E-state index contributed by atoms with van der Waals surface area (Å²) in [6.07, 6.45) is 0.577. The molecule has 0 atom stereocenters. The Morgan fingerprint density at radius 2 is 1.86 bits per heavy atom. The van der Waals surface area contributed by atoms with Crippen LogP contribution >= 0.6 is 0 Å². The van der Waals surface area contributed by atoms with Gasteiger partial charge in [-0.25, -0.2) is 0 Å².